The third-order valence-corrected chi connectivity index (χ3v) is 6.14. The SMILES string of the molecule is CC(C(=O)O)c1cccc(Oc2ccccc2)c1.Cc1cc(CC(=O)O)n(C)c1C(=O)c1ccc(Cl)cc1. The molecule has 8 heteroatoms. The number of benzene rings is 3. The molecule has 196 valence electrons. The van der Waals surface area contributed by atoms with E-state index in [-0.39, 0.29) is 12.2 Å². The number of aryl methyl sites for hydroxylation is 1. The number of aromatic nitrogens is 1. The van der Waals surface area contributed by atoms with Crippen molar-refractivity contribution in [2.24, 2.45) is 7.05 Å². The number of hydrogen-bond acceptors (Lipinski definition) is 4. The summed E-state index contributed by atoms with van der Waals surface area (Å²) in [6, 6.07) is 24.9. The number of hydrogen-bond donors (Lipinski definition) is 2. The van der Waals surface area contributed by atoms with Gasteiger partial charge in [0.2, 0.25) is 5.78 Å². The number of para-hydroxylation sites is 1. The van der Waals surface area contributed by atoms with E-state index >= 15 is 0 Å². The van der Waals surface area contributed by atoms with Crippen molar-refractivity contribution < 1.29 is 29.3 Å². The lowest BCUT2D eigenvalue weighted by Crippen LogP contribution is -2.12. The Balaban J connectivity index is 0.000000212. The Morgan fingerprint density at radius 2 is 1.53 bits per heavy atom. The van der Waals surface area contributed by atoms with E-state index in [1.54, 1.807) is 74.0 Å². The first-order chi connectivity index (χ1) is 18.1. The molecule has 4 aromatic rings. The molecule has 0 spiro atoms. The summed E-state index contributed by atoms with van der Waals surface area (Å²) in [5.41, 5.74) is 3.14. The van der Waals surface area contributed by atoms with Gasteiger partial charge in [0.1, 0.15) is 11.5 Å². The Kier molecular flexibility index (Phi) is 9.46. The van der Waals surface area contributed by atoms with E-state index < -0.39 is 17.9 Å². The molecule has 0 radical (unpaired) electrons. The first kappa shape index (κ1) is 28.2. The Morgan fingerprint density at radius 1 is 0.895 bits per heavy atom. The number of carboxylic acids is 2. The van der Waals surface area contributed by atoms with Crippen LogP contribution in [0.3, 0.4) is 0 Å². The summed E-state index contributed by atoms with van der Waals surface area (Å²) in [5, 5.41) is 18.4. The highest BCUT2D eigenvalue weighted by atomic mass is 35.5. The minimum Gasteiger partial charge on any atom is -0.481 e. The van der Waals surface area contributed by atoms with Gasteiger partial charge in [-0.05, 0) is 79.6 Å². The second kappa shape index (κ2) is 12.7. The van der Waals surface area contributed by atoms with E-state index in [0.717, 1.165) is 16.9 Å². The number of carboxylic acid groups (broad SMARTS) is 2. The Bertz CT molecular complexity index is 1430. The number of nitrogens with zero attached hydrogens (tertiary/aromatic N) is 1. The van der Waals surface area contributed by atoms with Crippen LogP contribution in [0.25, 0.3) is 0 Å². The molecule has 0 aliphatic carbocycles. The minimum absolute atomic E-state index is 0.106. The molecule has 1 atom stereocenters. The third-order valence-electron chi connectivity index (χ3n) is 5.88. The van der Waals surface area contributed by atoms with Crippen molar-refractivity contribution in [2.75, 3.05) is 0 Å². The van der Waals surface area contributed by atoms with Crippen molar-refractivity contribution in [3.8, 4) is 11.5 Å². The number of ether oxygens (including phenoxy) is 1. The molecule has 0 fully saturated rings. The van der Waals surface area contributed by atoms with E-state index in [0.29, 0.717) is 27.7 Å². The average molecular weight is 534 g/mol. The zero-order valence-corrected chi connectivity index (χ0v) is 22.0. The number of carbonyl (C=O) groups excluding carboxylic acids is 1. The van der Waals surface area contributed by atoms with Gasteiger partial charge in [-0.15, -0.1) is 0 Å². The molecule has 0 aliphatic rings. The molecule has 0 bridgehead atoms. The van der Waals surface area contributed by atoms with Gasteiger partial charge < -0.3 is 19.5 Å². The first-order valence-electron chi connectivity index (χ1n) is 11.8. The van der Waals surface area contributed by atoms with E-state index in [2.05, 4.69) is 0 Å². The number of ketones is 1. The number of carbonyl (C=O) groups is 3. The highest BCUT2D eigenvalue weighted by Crippen LogP contribution is 2.25. The summed E-state index contributed by atoms with van der Waals surface area (Å²) in [6.07, 6.45) is -0.106. The quantitative estimate of drug-likeness (QED) is 0.250. The van der Waals surface area contributed by atoms with Crippen molar-refractivity contribution in [1.82, 2.24) is 4.57 Å². The fourth-order valence-corrected chi connectivity index (χ4v) is 3.96. The van der Waals surface area contributed by atoms with Gasteiger partial charge in [0.15, 0.2) is 0 Å². The molecule has 1 aromatic heterocycles. The van der Waals surface area contributed by atoms with Crippen LogP contribution in [0.1, 0.15) is 45.7 Å². The lowest BCUT2D eigenvalue weighted by molar-refractivity contribution is -0.138. The van der Waals surface area contributed by atoms with Crippen molar-refractivity contribution in [2.45, 2.75) is 26.2 Å². The highest BCUT2D eigenvalue weighted by molar-refractivity contribution is 6.30. The van der Waals surface area contributed by atoms with Crippen molar-refractivity contribution in [3.05, 3.63) is 118 Å². The average Bonchev–Trinajstić information content (AvgIpc) is 3.16. The molecule has 4 rings (SSSR count). The van der Waals surface area contributed by atoms with Gasteiger partial charge in [-0.1, -0.05) is 41.9 Å². The Hall–Kier alpha value is -4.36. The lowest BCUT2D eigenvalue weighted by Gasteiger charge is -2.10. The molecular weight excluding hydrogens is 506 g/mol. The highest BCUT2D eigenvalue weighted by Gasteiger charge is 2.19. The maximum absolute atomic E-state index is 12.5. The molecule has 2 N–H and O–H groups in total. The summed E-state index contributed by atoms with van der Waals surface area (Å²) in [4.78, 5) is 34.2. The fourth-order valence-electron chi connectivity index (χ4n) is 3.83. The van der Waals surface area contributed by atoms with Gasteiger partial charge in [-0.25, -0.2) is 0 Å². The summed E-state index contributed by atoms with van der Waals surface area (Å²) >= 11 is 5.80. The normalized spacial score (nSPS) is 11.2. The summed E-state index contributed by atoms with van der Waals surface area (Å²) in [5.74, 6) is -1.06. The predicted molar refractivity (Wildman–Crippen MR) is 145 cm³/mol. The second-order valence-electron chi connectivity index (χ2n) is 8.68. The monoisotopic (exact) mass is 533 g/mol. The number of halogens is 1. The van der Waals surface area contributed by atoms with Crippen LogP contribution in [-0.4, -0.2) is 32.5 Å². The van der Waals surface area contributed by atoms with Crippen LogP contribution in [0.4, 0.5) is 0 Å². The Labute approximate surface area is 225 Å². The zero-order chi connectivity index (χ0) is 27.8. The van der Waals surface area contributed by atoms with Crippen molar-refractivity contribution in [3.63, 3.8) is 0 Å². The first-order valence-corrected chi connectivity index (χ1v) is 12.2. The molecule has 38 heavy (non-hydrogen) atoms. The standard InChI is InChI=1S/C15H14ClNO3.C15H14O3/c1-9-7-12(8-13(18)19)17(2)14(9)15(20)10-3-5-11(16)6-4-10;1-11(15(16)17)12-6-5-9-14(10-12)18-13-7-3-2-4-8-13/h3-7H,8H2,1-2H3,(H,18,19);2-11H,1H3,(H,16,17). The van der Waals surface area contributed by atoms with Gasteiger partial charge in [-0.3, -0.25) is 14.4 Å². The topological polar surface area (TPSA) is 106 Å². The maximum atomic E-state index is 12.5. The number of aliphatic carboxylic acids is 2. The van der Waals surface area contributed by atoms with E-state index in [4.69, 9.17) is 26.6 Å². The lowest BCUT2D eigenvalue weighted by atomic mass is 10.0. The summed E-state index contributed by atoms with van der Waals surface area (Å²) in [7, 11) is 1.70. The van der Waals surface area contributed by atoms with Crippen molar-refractivity contribution in [1.29, 1.82) is 0 Å². The van der Waals surface area contributed by atoms with Crippen LogP contribution in [0, 0.1) is 6.92 Å². The van der Waals surface area contributed by atoms with Crippen LogP contribution in [0.15, 0.2) is 84.9 Å². The van der Waals surface area contributed by atoms with Gasteiger partial charge in [-0.2, -0.15) is 0 Å². The van der Waals surface area contributed by atoms with Gasteiger partial charge in [0.25, 0.3) is 0 Å². The van der Waals surface area contributed by atoms with Gasteiger partial charge in [0.05, 0.1) is 18.0 Å². The molecule has 7 nitrogen and oxygen atoms in total. The summed E-state index contributed by atoms with van der Waals surface area (Å²) in [6.45, 7) is 3.46. The molecule has 0 amide bonds. The predicted octanol–water partition coefficient (Wildman–Crippen LogP) is 6.51. The van der Waals surface area contributed by atoms with Crippen LogP contribution < -0.4 is 4.74 Å². The fraction of sp³-hybridized carbons (Fsp3) is 0.167. The van der Waals surface area contributed by atoms with Gasteiger partial charge in [0, 0.05) is 23.3 Å². The van der Waals surface area contributed by atoms with Crippen LogP contribution >= 0.6 is 11.6 Å². The molecule has 0 saturated carbocycles. The minimum atomic E-state index is -0.920. The molecule has 3 aromatic carbocycles. The molecular formula is C30H28ClNO6. The zero-order valence-electron chi connectivity index (χ0n) is 21.2. The Morgan fingerprint density at radius 3 is 2.13 bits per heavy atom. The van der Waals surface area contributed by atoms with Crippen LogP contribution in [0.5, 0.6) is 11.5 Å². The molecule has 0 saturated heterocycles. The smallest absolute Gasteiger partial charge is 0.310 e. The van der Waals surface area contributed by atoms with E-state index in [9.17, 15) is 14.4 Å². The number of rotatable bonds is 8. The van der Waals surface area contributed by atoms with Crippen molar-refractivity contribution >= 4 is 29.3 Å². The van der Waals surface area contributed by atoms with Gasteiger partial charge >= 0.3 is 11.9 Å². The second-order valence-corrected chi connectivity index (χ2v) is 9.12. The molecule has 1 unspecified atom stereocenters. The van der Waals surface area contributed by atoms with E-state index in [1.807, 2.05) is 36.4 Å². The van der Waals surface area contributed by atoms with Crippen LogP contribution in [-0.2, 0) is 23.1 Å². The third kappa shape index (κ3) is 7.33. The molecule has 1 heterocycles. The largest absolute Gasteiger partial charge is 0.481 e. The van der Waals surface area contributed by atoms with Crippen LogP contribution in [0.2, 0.25) is 5.02 Å². The molecule has 0 aliphatic heterocycles. The maximum Gasteiger partial charge on any atom is 0.310 e. The van der Waals surface area contributed by atoms with E-state index in [1.165, 1.54) is 0 Å². The summed E-state index contributed by atoms with van der Waals surface area (Å²) < 4.78 is 7.30.